The van der Waals surface area contributed by atoms with Crippen LogP contribution in [0, 0.1) is 0 Å². The third kappa shape index (κ3) is 5.61. The highest BCUT2D eigenvalue weighted by Gasteiger charge is 2.21. The number of carbonyl (C=O) groups excluding carboxylic acids is 1. The lowest BCUT2D eigenvalue weighted by Crippen LogP contribution is -2.44. The van der Waals surface area contributed by atoms with Crippen LogP contribution < -0.4 is 10.5 Å². The van der Waals surface area contributed by atoms with Gasteiger partial charge in [0.15, 0.2) is 6.61 Å². The van der Waals surface area contributed by atoms with Crippen LogP contribution >= 0.6 is 0 Å². The number of nitrogens with two attached hydrogens (primary N) is 1. The molecule has 1 aromatic carbocycles. The summed E-state index contributed by atoms with van der Waals surface area (Å²) in [5, 5.41) is 9.74. The highest BCUT2D eigenvalue weighted by atomic mass is 16.5. The minimum absolute atomic E-state index is 0.0621. The van der Waals surface area contributed by atoms with Gasteiger partial charge in [0, 0.05) is 24.8 Å². The summed E-state index contributed by atoms with van der Waals surface area (Å²) in [6.07, 6.45) is 0. The zero-order chi connectivity index (χ0) is 14.5. The largest absolute Gasteiger partial charge is 0.484 e. The first-order valence-corrected chi connectivity index (χ1v) is 6.30. The molecule has 0 bridgehead atoms. The molecule has 0 spiro atoms. The Labute approximate surface area is 114 Å². The van der Waals surface area contributed by atoms with Gasteiger partial charge in [0.1, 0.15) is 5.75 Å². The van der Waals surface area contributed by atoms with Crippen LogP contribution in [-0.2, 0) is 4.79 Å². The Hall–Kier alpha value is -1.75. The van der Waals surface area contributed by atoms with Crippen LogP contribution in [0.2, 0.25) is 0 Å². The number of ether oxygens (including phenoxy) is 1. The normalized spacial score (nSPS) is 11.2. The molecule has 0 saturated carbocycles. The molecule has 0 atom stereocenters. The molecule has 0 aromatic heterocycles. The van der Waals surface area contributed by atoms with Crippen molar-refractivity contribution >= 4 is 11.6 Å². The number of anilines is 1. The predicted molar refractivity (Wildman–Crippen MR) is 74.9 cm³/mol. The van der Waals surface area contributed by atoms with Crippen molar-refractivity contribution in [3.8, 4) is 5.75 Å². The summed E-state index contributed by atoms with van der Waals surface area (Å²) in [5.41, 5.74) is 5.30. The molecule has 0 saturated heterocycles. The maximum atomic E-state index is 12.0. The number of aliphatic hydroxyl groups is 1. The van der Waals surface area contributed by atoms with E-state index < -0.39 is 5.60 Å². The van der Waals surface area contributed by atoms with Gasteiger partial charge in [0.05, 0.1) is 5.60 Å². The Bertz CT molecular complexity index is 427. The molecule has 0 radical (unpaired) electrons. The molecule has 5 nitrogen and oxygen atoms in total. The van der Waals surface area contributed by atoms with Gasteiger partial charge in [-0.2, -0.15) is 0 Å². The van der Waals surface area contributed by atoms with Crippen molar-refractivity contribution < 1.29 is 14.6 Å². The second kappa shape index (κ2) is 6.43. The van der Waals surface area contributed by atoms with Gasteiger partial charge in [0.2, 0.25) is 0 Å². The van der Waals surface area contributed by atoms with Crippen LogP contribution in [-0.4, -0.2) is 41.2 Å². The summed E-state index contributed by atoms with van der Waals surface area (Å²) in [7, 11) is 0. The molecule has 0 unspecified atom stereocenters. The lowest BCUT2D eigenvalue weighted by molar-refractivity contribution is -0.136. The fraction of sp³-hybridized carbons (Fsp3) is 0.500. The van der Waals surface area contributed by atoms with Gasteiger partial charge in [-0.15, -0.1) is 0 Å². The second-order valence-electron chi connectivity index (χ2n) is 5.08. The van der Waals surface area contributed by atoms with Crippen LogP contribution in [0.15, 0.2) is 24.3 Å². The van der Waals surface area contributed by atoms with Crippen molar-refractivity contribution in [3.05, 3.63) is 24.3 Å². The van der Waals surface area contributed by atoms with Crippen molar-refractivity contribution in [2.24, 2.45) is 0 Å². The van der Waals surface area contributed by atoms with Crippen molar-refractivity contribution in [2.75, 3.05) is 25.4 Å². The number of likely N-dealkylation sites (N-methyl/N-ethyl adjacent to an activating group) is 1. The Kier molecular flexibility index (Phi) is 5.18. The molecule has 0 aliphatic rings. The van der Waals surface area contributed by atoms with Gasteiger partial charge >= 0.3 is 0 Å². The minimum Gasteiger partial charge on any atom is -0.484 e. The average molecular weight is 266 g/mol. The lowest BCUT2D eigenvalue weighted by atomic mass is 10.1. The van der Waals surface area contributed by atoms with E-state index in [0.717, 1.165) is 0 Å². The Morgan fingerprint density at radius 1 is 1.47 bits per heavy atom. The molecule has 1 rings (SSSR count). The van der Waals surface area contributed by atoms with E-state index >= 15 is 0 Å². The average Bonchev–Trinajstić information content (AvgIpc) is 2.32. The van der Waals surface area contributed by atoms with Crippen molar-refractivity contribution in [1.82, 2.24) is 4.90 Å². The molecule has 1 amide bonds. The van der Waals surface area contributed by atoms with E-state index in [2.05, 4.69) is 0 Å². The standard InChI is InChI=1S/C14H22N2O3/c1-4-16(10-14(2,3)18)13(17)9-19-12-7-5-6-11(15)8-12/h5-8,18H,4,9-10,15H2,1-3H3. The third-order valence-electron chi connectivity index (χ3n) is 2.53. The molecule has 19 heavy (non-hydrogen) atoms. The second-order valence-corrected chi connectivity index (χ2v) is 5.08. The maximum absolute atomic E-state index is 12.0. The summed E-state index contributed by atoms with van der Waals surface area (Å²) < 4.78 is 5.39. The van der Waals surface area contributed by atoms with Gasteiger partial charge < -0.3 is 20.5 Å². The first-order chi connectivity index (χ1) is 8.81. The van der Waals surface area contributed by atoms with Crippen LogP contribution in [0.25, 0.3) is 0 Å². The zero-order valence-electron chi connectivity index (χ0n) is 11.7. The molecule has 106 valence electrons. The highest BCUT2D eigenvalue weighted by Crippen LogP contribution is 2.14. The van der Waals surface area contributed by atoms with Crippen molar-refractivity contribution in [2.45, 2.75) is 26.4 Å². The molecule has 1 aromatic rings. The molecular formula is C14H22N2O3. The van der Waals surface area contributed by atoms with Crippen LogP contribution in [0.4, 0.5) is 5.69 Å². The number of nitrogens with zero attached hydrogens (tertiary/aromatic N) is 1. The molecule has 0 aliphatic carbocycles. The number of hydrogen-bond acceptors (Lipinski definition) is 4. The monoisotopic (exact) mass is 266 g/mol. The van der Waals surface area contributed by atoms with Crippen LogP contribution in [0.5, 0.6) is 5.75 Å². The SMILES string of the molecule is CCN(CC(C)(C)O)C(=O)COc1cccc(N)c1. The lowest BCUT2D eigenvalue weighted by Gasteiger charge is -2.28. The van der Waals surface area contributed by atoms with E-state index in [4.69, 9.17) is 10.5 Å². The fourth-order valence-corrected chi connectivity index (χ4v) is 1.68. The molecular weight excluding hydrogens is 244 g/mol. The minimum atomic E-state index is -0.914. The van der Waals surface area contributed by atoms with E-state index in [-0.39, 0.29) is 19.1 Å². The van der Waals surface area contributed by atoms with Gasteiger partial charge in [-0.1, -0.05) is 6.07 Å². The Morgan fingerprint density at radius 2 is 2.16 bits per heavy atom. The zero-order valence-corrected chi connectivity index (χ0v) is 11.7. The summed E-state index contributed by atoms with van der Waals surface area (Å²) in [4.78, 5) is 13.5. The number of rotatable bonds is 6. The first kappa shape index (κ1) is 15.3. The molecule has 0 heterocycles. The number of amides is 1. The molecule has 0 fully saturated rings. The first-order valence-electron chi connectivity index (χ1n) is 6.30. The summed E-state index contributed by atoms with van der Waals surface area (Å²) in [6.45, 7) is 5.95. The highest BCUT2D eigenvalue weighted by molar-refractivity contribution is 5.77. The van der Waals surface area contributed by atoms with Gasteiger partial charge in [0.25, 0.3) is 5.91 Å². The van der Waals surface area contributed by atoms with E-state index in [1.165, 1.54) is 0 Å². The number of nitrogen functional groups attached to an aromatic ring is 1. The van der Waals surface area contributed by atoms with E-state index in [9.17, 15) is 9.90 Å². The summed E-state index contributed by atoms with van der Waals surface area (Å²) in [5.74, 6) is 0.403. The maximum Gasteiger partial charge on any atom is 0.260 e. The topological polar surface area (TPSA) is 75.8 Å². The quantitative estimate of drug-likeness (QED) is 0.760. The smallest absolute Gasteiger partial charge is 0.260 e. The van der Waals surface area contributed by atoms with E-state index in [1.54, 1.807) is 43.0 Å². The van der Waals surface area contributed by atoms with Gasteiger partial charge in [-0.25, -0.2) is 0 Å². The summed E-state index contributed by atoms with van der Waals surface area (Å²) in [6, 6.07) is 6.93. The fourth-order valence-electron chi connectivity index (χ4n) is 1.68. The number of hydrogen-bond donors (Lipinski definition) is 2. The number of benzene rings is 1. The summed E-state index contributed by atoms with van der Waals surface area (Å²) >= 11 is 0. The van der Waals surface area contributed by atoms with Gasteiger partial charge in [-0.3, -0.25) is 4.79 Å². The van der Waals surface area contributed by atoms with Crippen LogP contribution in [0.1, 0.15) is 20.8 Å². The molecule has 0 aliphatic heterocycles. The van der Waals surface area contributed by atoms with Crippen LogP contribution in [0.3, 0.4) is 0 Å². The Balaban J connectivity index is 2.54. The predicted octanol–water partition coefficient (Wildman–Crippen LogP) is 1.27. The Morgan fingerprint density at radius 3 is 2.68 bits per heavy atom. The van der Waals surface area contributed by atoms with Gasteiger partial charge in [-0.05, 0) is 32.9 Å². The molecule has 5 heteroatoms. The van der Waals surface area contributed by atoms with E-state index in [1.807, 2.05) is 6.92 Å². The van der Waals surface area contributed by atoms with Crippen molar-refractivity contribution in [1.29, 1.82) is 0 Å². The van der Waals surface area contributed by atoms with E-state index in [0.29, 0.717) is 18.0 Å². The molecule has 3 N–H and O–H groups in total. The third-order valence-corrected chi connectivity index (χ3v) is 2.53. The number of carbonyl (C=O) groups is 1. The van der Waals surface area contributed by atoms with Crippen molar-refractivity contribution in [3.63, 3.8) is 0 Å².